The lowest BCUT2D eigenvalue weighted by Crippen LogP contribution is -2.25. The summed E-state index contributed by atoms with van der Waals surface area (Å²) in [7, 11) is 1.18. The molecule has 0 bridgehead atoms. The van der Waals surface area contributed by atoms with Gasteiger partial charge >= 0.3 is 0 Å². The third-order valence-electron chi connectivity index (χ3n) is 2.02. The second kappa shape index (κ2) is 7.20. The maximum Gasteiger partial charge on any atom is 0.147 e. The SMILES string of the molecule is CNCCCN(C)CCCS(C)(=O)=O. The van der Waals surface area contributed by atoms with Crippen molar-refractivity contribution in [1.82, 2.24) is 10.2 Å². The van der Waals surface area contributed by atoms with E-state index in [4.69, 9.17) is 0 Å². The van der Waals surface area contributed by atoms with Gasteiger partial charge in [-0.2, -0.15) is 0 Å². The molecule has 0 aromatic rings. The standard InChI is InChI=1S/C9H22N2O2S/c1-10-6-4-7-11(2)8-5-9-14(3,12)13/h10H,4-9H2,1-3H3. The van der Waals surface area contributed by atoms with E-state index < -0.39 is 9.84 Å². The molecule has 5 heteroatoms. The van der Waals surface area contributed by atoms with Crippen LogP contribution in [0.1, 0.15) is 12.8 Å². The van der Waals surface area contributed by atoms with Gasteiger partial charge in [-0.15, -0.1) is 0 Å². The van der Waals surface area contributed by atoms with E-state index in [9.17, 15) is 8.42 Å². The molecule has 0 fully saturated rings. The highest BCUT2D eigenvalue weighted by Gasteiger charge is 2.03. The maximum atomic E-state index is 10.8. The molecule has 0 spiro atoms. The van der Waals surface area contributed by atoms with Gasteiger partial charge in [0.2, 0.25) is 0 Å². The van der Waals surface area contributed by atoms with Crippen LogP contribution in [0, 0.1) is 0 Å². The Morgan fingerprint density at radius 3 is 2.29 bits per heavy atom. The van der Waals surface area contributed by atoms with E-state index in [1.165, 1.54) is 6.26 Å². The van der Waals surface area contributed by atoms with Gasteiger partial charge in [-0.25, -0.2) is 8.42 Å². The van der Waals surface area contributed by atoms with Crippen LogP contribution in [0.3, 0.4) is 0 Å². The van der Waals surface area contributed by atoms with Crippen LogP contribution in [-0.4, -0.2) is 59.1 Å². The lowest BCUT2D eigenvalue weighted by Gasteiger charge is -2.15. The Labute approximate surface area is 87.6 Å². The number of nitrogens with zero attached hydrogens (tertiary/aromatic N) is 1. The number of sulfone groups is 1. The minimum absolute atomic E-state index is 0.295. The predicted molar refractivity (Wildman–Crippen MR) is 60.4 cm³/mol. The van der Waals surface area contributed by atoms with E-state index in [0.717, 1.165) is 32.5 Å². The van der Waals surface area contributed by atoms with Crippen molar-refractivity contribution >= 4 is 9.84 Å². The molecule has 0 rings (SSSR count). The molecule has 0 aliphatic rings. The zero-order chi connectivity index (χ0) is 11.0. The first-order valence-corrected chi connectivity index (χ1v) is 7.02. The van der Waals surface area contributed by atoms with Crippen molar-refractivity contribution in [3.8, 4) is 0 Å². The Kier molecular flexibility index (Phi) is 7.13. The molecule has 0 heterocycles. The molecule has 0 aliphatic heterocycles. The molecule has 0 unspecified atom stereocenters. The van der Waals surface area contributed by atoms with Crippen LogP contribution in [-0.2, 0) is 9.84 Å². The molecule has 0 saturated carbocycles. The highest BCUT2D eigenvalue weighted by molar-refractivity contribution is 7.90. The van der Waals surface area contributed by atoms with Gasteiger partial charge < -0.3 is 10.2 Å². The molecule has 0 aliphatic carbocycles. The molecule has 0 aromatic heterocycles. The first-order chi connectivity index (χ1) is 6.45. The van der Waals surface area contributed by atoms with Crippen molar-refractivity contribution in [3.63, 3.8) is 0 Å². The fraction of sp³-hybridized carbons (Fsp3) is 1.00. The van der Waals surface area contributed by atoms with Crippen LogP contribution in [0.25, 0.3) is 0 Å². The number of nitrogens with one attached hydrogen (secondary N) is 1. The van der Waals surface area contributed by atoms with Gasteiger partial charge in [-0.3, -0.25) is 0 Å². The molecular formula is C9H22N2O2S. The highest BCUT2D eigenvalue weighted by Crippen LogP contribution is 1.93. The Morgan fingerprint density at radius 2 is 1.79 bits per heavy atom. The lowest BCUT2D eigenvalue weighted by atomic mass is 10.3. The van der Waals surface area contributed by atoms with Gasteiger partial charge in [0.25, 0.3) is 0 Å². The Morgan fingerprint density at radius 1 is 1.21 bits per heavy atom. The number of rotatable bonds is 8. The zero-order valence-corrected chi connectivity index (χ0v) is 10.2. The molecule has 0 saturated heterocycles. The fourth-order valence-electron chi connectivity index (χ4n) is 1.23. The second-order valence-electron chi connectivity index (χ2n) is 3.74. The monoisotopic (exact) mass is 222 g/mol. The molecule has 0 aromatic carbocycles. The largest absolute Gasteiger partial charge is 0.320 e. The summed E-state index contributed by atoms with van der Waals surface area (Å²) >= 11 is 0. The Hall–Kier alpha value is -0.130. The maximum absolute atomic E-state index is 10.8. The molecule has 4 nitrogen and oxygen atoms in total. The highest BCUT2D eigenvalue weighted by atomic mass is 32.2. The average Bonchev–Trinajstić information content (AvgIpc) is 2.02. The van der Waals surface area contributed by atoms with Crippen LogP contribution in [0.2, 0.25) is 0 Å². The van der Waals surface area contributed by atoms with Crippen molar-refractivity contribution < 1.29 is 8.42 Å². The van der Waals surface area contributed by atoms with Crippen LogP contribution in [0.15, 0.2) is 0 Å². The van der Waals surface area contributed by atoms with Gasteiger partial charge in [0.15, 0.2) is 0 Å². The van der Waals surface area contributed by atoms with Gasteiger partial charge in [-0.1, -0.05) is 0 Å². The summed E-state index contributed by atoms with van der Waals surface area (Å²) in [6, 6.07) is 0. The summed E-state index contributed by atoms with van der Waals surface area (Å²) in [5.41, 5.74) is 0. The predicted octanol–water partition coefficient (Wildman–Crippen LogP) is -0.0376. The van der Waals surface area contributed by atoms with Gasteiger partial charge in [-0.05, 0) is 46.6 Å². The summed E-state index contributed by atoms with van der Waals surface area (Å²) in [5.74, 6) is 0.295. The topological polar surface area (TPSA) is 49.4 Å². The van der Waals surface area contributed by atoms with Crippen LogP contribution in [0.4, 0.5) is 0 Å². The summed E-state index contributed by atoms with van der Waals surface area (Å²) in [5, 5.41) is 3.08. The van der Waals surface area contributed by atoms with Crippen molar-refractivity contribution in [2.75, 3.05) is 45.7 Å². The van der Waals surface area contributed by atoms with Crippen LogP contribution in [0.5, 0.6) is 0 Å². The number of hydrogen-bond acceptors (Lipinski definition) is 4. The molecule has 1 N–H and O–H groups in total. The molecule has 86 valence electrons. The Bertz CT molecular complexity index is 227. The van der Waals surface area contributed by atoms with E-state index in [-0.39, 0.29) is 0 Å². The normalized spacial score (nSPS) is 12.3. The van der Waals surface area contributed by atoms with Crippen molar-refractivity contribution in [2.45, 2.75) is 12.8 Å². The fourth-order valence-corrected chi connectivity index (χ4v) is 1.89. The average molecular weight is 222 g/mol. The minimum atomic E-state index is -2.78. The second-order valence-corrected chi connectivity index (χ2v) is 6.00. The summed E-state index contributed by atoms with van der Waals surface area (Å²) < 4.78 is 21.7. The molecule has 0 amide bonds. The van der Waals surface area contributed by atoms with E-state index in [1.54, 1.807) is 0 Å². The molecule has 14 heavy (non-hydrogen) atoms. The first kappa shape index (κ1) is 13.9. The van der Waals surface area contributed by atoms with E-state index >= 15 is 0 Å². The smallest absolute Gasteiger partial charge is 0.147 e. The summed E-state index contributed by atoms with van der Waals surface area (Å²) in [6.45, 7) is 2.89. The summed E-state index contributed by atoms with van der Waals surface area (Å²) in [4.78, 5) is 2.17. The first-order valence-electron chi connectivity index (χ1n) is 4.96. The lowest BCUT2D eigenvalue weighted by molar-refractivity contribution is 0.329. The van der Waals surface area contributed by atoms with Crippen molar-refractivity contribution in [2.24, 2.45) is 0 Å². The van der Waals surface area contributed by atoms with E-state index in [1.807, 2.05) is 14.1 Å². The quantitative estimate of drug-likeness (QED) is 0.586. The third-order valence-corrected chi connectivity index (χ3v) is 3.05. The number of hydrogen-bond donors (Lipinski definition) is 1. The van der Waals surface area contributed by atoms with E-state index in [2.05, 4.69) is 10.2 Å². The van der Waals surface area contributed by atoms with Gasteiger partial charge in [0.1, 0.15) is 9.84 Å². The van der Waals surface area contributed by atoms with E-state index in [0.29, 0.717) is 5.75 Å². The third kappa shape index (κ3) is 9.95. The zero-order valence-electron chi connectivity index (χ0n) is 9.41. The summed E-state index contributed by atoms with van der Waals surface area (Å²) in [6.07, 6.45) is 3.12. The molecule has 0 atom stereocenters. The van der Waals surface area contributed by atoms with Gasteiger partial charge in [0, 0.05) is 6.26 Å². The Balaban J connectivity index is 3.40. The van der Waals surface area contributed by atoms with Crippen LogP contribution >= 0.6 is 0 Å². The van der Waals surface area contributed by atoms with Crippen molar-refractivity contribution in [3.05, 3.63) is 0 Å². The minimum Gasteiger partial charge on any atom is -0.320 e. The van der Waals surface area contributed by atoms with Crippen molar-refractivity contribution in [1.29, 1.82) is 0 Å². The molecule has 0 radical (unpaired) electrons. The van der Waals surface area contributed by atoms with Gasteiger partial charge in [0.05, 0.1) is 5.75 Å². The molecular weight excluding hydrogens is 200 g/mol. The van der Waals surface area contributed by atoms with Crippen LogP contribution < -0.4 is 5.32 Å².